The van der Waals surface area contributed by atoms with Gasteiger partial charge in [-0.05, 0) is 30.6 Å². The summed E-state index contributed by atoms with van der Waals surface area (Å²) < 4.78 is 0. The Morgan fingerprint density at radius 1 is 1.40 bits per heavy atom. The lowest BCUT2D eigenvalue weighted by Crippen LogP contribution is -2.37. The summed E-state index contributed by atoms with van der Waals surface area (Å²) >= 11 is 0. The standard InChI is InChI=1S/C12H21NO2/c1-8(2)3-11(5-12(14)15)13-6-9-4-10(9)7-13/h8-11H,3-7H2,1-2H3,(H,14,15). The summed E-state index contributed by atoms with van der Waals surface area (Å²) in [5.74, 6) is 1.73. The molecule has 1 aliphatic carbocycles. The van der Waals surface area contributed by atoms with Crippen molar-refractivity contribution in [1.29, 1.82) is 0 Å². The molecular weight excluding hydrogens is 190 g/mol. The maximum absolute atomic E-state index is 10.8. The van der Waals surface area contributed by atoms with Gasteiger partial charge < -0.3 is 5.11 Å². The Morgan fingerprint density at radius 2 is 2.00 bits per heavy atom. The van der Waals surface area contributed by atoms with Gasteiger partial charge in [0, 0.05) is 19.1 Å². The van der Waals surface area contributed by atoms with E-state index in [2.05, 4.69) is 18.7 Å². The molecule has 0 aromatic rings. The highest BCUT2D eigenvalue weighted by molar-refractivity contribution is 5.67. The Kier molecular flexibility index (Phi) is 3.01. The van der Waals surface area contributed by atoms with E-state index in [4.69, 9.17) is 5.11 Å². The second-order valence-corrected chi connectivity index (χ2v) is 5.59. The molecule has 86 valence electrons. The van der Waals surface area contributed by atoms with E-state index < -0.39 is 5.97 Å². The molecular formula is C12H21NO2. The number of carboxylic acid groups (broad SMARTS) is 1. The van der Waals surface area contributed by atoms with E-state index in [1.807, 2.05) is 0 Å². The topological polar surface area (TPSA) is 40.5 Å². The quantitative estimate of drug-likeness (QED) is 0.754. The third kappa shape index (κ3) is 2.71. The Balaban J connectivity index is 1.88. The van der Waals surface area contributed by atoms with Crippen molar-refractivity contribution >= 4 is 5.97 Å². The Morgan fingerprint density at radius 3 is 2.47 bits per heavy atom. The summed E-state index contributed by atoms with van der Waals surface area (Å²) in [6, 6.07) is 0.273. The molecule has 2 fully saturated rings. The summed E-state index contributed by atoms with van der Waals surface area (Å²) in [5, 5.41) is 8.91. The predicted octanol–water partition coefficient (Wildman–Crippen LogP) is 1.83. The van der Waals surface area contributed by atoms with Crippen LogP contribution in [0, 0.1) is 17.8 Å². The summed E-state index contributed by atoms with van der Waals surface area (Å²) in [5.41, 5.74) is 0. The molecule has 3 nitrogen and oxygen atoms in total. The summed E-state index contributed by atoms with van der Waals surface area (Å²) in [4.78, 5) is 13.2. The fourth-order valence-electron chi connectivity index (χ4n) is 2.84. The molecule has 0 spiro atoms. The molecule has 0 bridgehead atoms. The van der Waals surface area contributed by atoms with Crippen LogP contribution in [0.25, 0.3) is 0 Å². The molecule has 0 aromatic carbocycles. The molecule has 2 aliphatic rings. The van der Waals surface area contributed by atoms with E-state index >= 15 is 0 Å². The van der Waals surface area contributed by atoms with Crippen LogP contribution in [-0.2, 0) is 4.79 Å². The predicted molar refractivity (Wildman–Crippen MR) is 58.7 cm³/mol. The van der Waals surface area contributed by atoms with Crippen LogP contribution in [0.4, 0.5) is 0 Å². The Labute approximate surface area is 91.5 Å². The van der Waals surface area contributed by atoms with Crippen LogP contribution in [-0.4, -0.2) is 35.1 Å². The van der Waals surface area contributed by atoms with Crippen molar-refractivity contribution in [3.8, 4) is 0 Å². The fourth-order valence-corrected chi connectivity index (χ4v) is 2.84. The first-order valence-electron chi connectivity index (χ1n) is 6.02. The number of aliphatic carboxylic acids is 1. The first kappa shape index (κ1) is 10.9. The number of hydrogen-bond donors (Lipinski definition) is 1. The minimum atomic E-state index is -0.652. The van der Waals surface area contributed by atoms with Gasteiger partial charge in [-0.25, -0.2) is 0 Å². The van der Waals surface area contributed by atoms with E-state index in [0.717, 1.165) is 31.3 Å². The Bertz CT molecular complexity index is 242. The largest absolute Gasteiger partial charge is 0.481 e. The van der Waals surface area contributed by atoms with Gasteiger partial charge in [-0.3, -0.25) is 9.69 Å². The van der Waals surface area contributed by atoms with Crippen LogP contribution in [0.2, 0.25) is 0 Å². The van der Waals surface area contributed by atoms with Gasteiger partial charge in [-0.1, -0.05) is 13.8 Å². The van der Waals surface area contributed by atoms with Crippen molar-refractivity contribution in [2.75, 3.05) is 13.1 Å². The van der Waals surface area contributed by atoms with E-state index in [9.17, 15) is 4.79 Å². The molecule has 1 saturated carbocycles. The summed E-state index contributed by atoms with van der Waals surface area (Å²) in [7, 11) is 0. The van der Waals surface area contributed by atoms with Gasteiger partial charge in [0.1, 0.15) is 0 Å². The minimum absolute atomic E-state index is 0.273. The molecule has 1 N–H and O–H groups in total. The van der Waals surface area contributed by atoms with E-state index in [0.29, 0.717) is 12.3 Å². The molecule has 0 radical (unpaired) electrons. The number of fused-ring (bicyclic) bond motifs is 1. The lowest BCUT2D eigenvalue weighted by molar-refractivity contribution is -0.138. The number of hydrogen-bond acceptors (Lipinski definition) is 2. The molecule has 0 aromatic heterocycles. The average Bonchev–Trinajstić information content (AvgIpc) is 2.71. The van der Waals surface area contributed by atoms with Gasteiger partial charge >= 0.3 is 5.97 Å². The molecule has 3 atom stereocenters. The number of carbonyl (C=O) groups is 1. The van der Waals surface area contributed by atoms with Crippen LogP contribution in [0.3, 0.4) is 0 Å². The molecule has 3 heteroatoms. The maximum atomic E-state index is 10.8. The molecule has 2 rings (SSSR count). The van der Waals surface area contributed by atoms with Crippen LogP contribution in [0.5, 0.6) is 0 Å². The Hall–Kier alpha value is -0.570. The smallest absolute Gasteiger partial charge is 0.304 e. The third-order valence-electron chi connectivity index (χ3n) is 3.68. The van der Waals surface area contributed by atoms with Crippen LogP contribution >= 0.6 is 0 Å². The third-order valence-corrected chi connectivity index (χ3v) is 3.68. The molecule has 3 unspecified atom stereocenters. The number of likely N-dealkylation sites (tertiary alicyclic amines) is 1. The van der Waals surface area contributed by atoms with Crippen molar-refractivity contribution in [2.45, 2.75) is 39.2 Å². The first-order valence-corrected chi connectivity index (χ1v) is 6.02. The minimum Gasteiger partial charge on any atom is -0.481 e. The molecule has 1 saturated heterocycles. The second-order valence-electron chi connectivity index (χ2n) is 5.59. The SMILES string of the molecule is CC(C)CC(CC(=O)O)N1CC2CC2C1. The van der Waals surface area contributed by atoms with Crippen molar-refractivity contribution in [2.24, 2.45) is 17.8 Å². The number of piperidine rings is 1. The lowest BCUT2D eigenvalue weighted by atomic mass is 9.99. The zero-order valence-electron chi connectivity index (χ0n) is 9.65. The van der Waals surface area contributed by atoms with Crippen LogP contribution in [0.1, 0.15) is 33.1 Å². The van der Waals surface area contributed by atoms with Crippen molar-refractivity contribution < 1.29 is 9.90 Å². The van der Waals surface area contributed by atoms with Gasteiger partial charge in [0.2, 0.25) is 0 Å². The number of carboxylic acids is 1. The first-order chi connectivity index (χ1) is 7.06. The highest BCUT2D eigenvalue weighted by Gasteiger charge is 2.46. The van der Waals surface area contributed by atoms with Gasteiger partial charge in [-0.15, -0.1) is 0 Å². The lowest BCUT2D eigenvalue weighted by Gasteiger charge is -2.29. The second kappa shape index (κ2) is 4.12. The average molecular weight is 211 g/mol. The van der Waals surface area contributed by atoms with Crippen molar-refractivity contribution in [3.05, 3.63) is 0 Å². The highest BCUT2D eigenvalue weighted by atomic mass is 16.4. The summed E-state index contributed by atoms with van der Waals surface area (Å²) in [6.07, 6.45) is 2.72. The molecule has 0 amide bonds. The van der Waals surface area contributed by atoms with Gasteiger partial charge in [-0.2, -0.15) is 0 Å². The fraction of sp³-hybridized carbons (Fsp3) is 0.917. The maximum Gasteiger partial charge on any atom is 0.304 e. The van der Waals surface area contributed by atoms with Crippen molar-refractivity contribution in [3.63, 3.8) is 0 Å². The normalized spacial score (nSPS) is 31.7. The number of rotatable bonds is 5. The molecule has 15 heavy (non-hydrogen) atoms. The number of nitrogens with zero attached hydrogens (tertiary/aromatic N) is 1. The van der Waals surface area contributed by atoms with Gasteiger partial charge in [0.25, 0.3) is 0 Å². The zero-order valence-corrected chi connectivity index (χ0v) is 9.65. The molecule has 1 heterocycles. The highest BCUT2D eigenvalue weighted by Crippen LogP contribution is 2.46. The zero-order chi connectivity index (χ0) is 11.0. The van der Waals surface area contributed by atoms with E-state index in [-0.39, 0.29) is 6.04 Å². The van der Waals surface area contributed by atoms with E-state index in [1.54, 1.807) is 0 Å². The van der Waals surface area contributed by atoms with Crippen molar-refractivity contribution in [1.82, 2.24) is 4.90 Å². The van der Waals surface area contributed by atoms with Crippen LogP contribution < -0.4 is 0 Å². The van der Waals surface area contributed by atoms with Gasteiger partial charge in [0.05, 0.1) is 6.42 Å². The van der Waals surface area contributed by atoms with Crippen LogP contribution in [0.15, 0.2) is 0 Å². The monoisotopic (exact) mass is 211 g/mol. The van der Waals surface area contributed by atoms with Gasteiger partial charge in [0.15, 0.2) is 0 Å². The molecule has 1 aliphatic heterocycles. The van der Waals surface area contributed by atoms with E-state index in [1.165, 1.54) is 6.42 Å². The summed E-state index contributed by atoms with van der Waals surface area (Å²) in [6.45, 7) is 6.64.